The maximum Gasteiger partial charge on any atom is 0.249 e. The average molecular weight is 331 g/mol. The summed E-state index contributed by atoms with van der Waals surface area (Å²) in [6.07, 6.45) is 1.55. The lowest BCUT2D eigenvalue weighted by atomic mass is 9.53. The summed E-state index contributed by atoms with van der Waals surface area (Å²) in [6.45, 7) is 8.22. The van der Waals surface area contributed by atoms with Crippen molar-refractivity contribution < 1.29 is 13.5 Å². The van der Waals surface area contributed by atoms with E-state index >= 15 is 0 Å². The van der Waals surface area contributed by atoms with Crippen LogP contribution in [0, 0.1) is 5.41 Å². The van der Waals surface area contributed by atoms with Gasteiger partial charge >= 0.3 is 0 Å². The lowest BCUT2D eigenvalue weighted by Crippen LogP contribution is -2.56. The topological polar surface area (TPSA) is 9.23 Å². The van der Waals surface area contributed by atoms with Crippen molar-refractivity contribution in [2.24, 2.45) is 5.41 Å². The fourth-order valence-corrected chi connectivity index (χ4v) is 3.71. The van der Waals surface area contributed by atoms with Crippen molar-refractivity contribution >= 4 is 11.6 Å². The van der Waals surface area contributed by atoms with Crippen molar-refractivity contribution in [2.45, 2.75) is 71.3 Å². The van der Waals surface area contributed by atoms with Crippen LogP contribution in [0.2, 0.25) is 5.02 Å². The van der Waals surface area contributed by atoms with Gasteiger partial charge in [-0.2, -0.15) is 0 Å². The molecule has 1 nitrogen and oxygen atoms in total. The fourth-order valence-electron chi connectivity index (χ4n) is 3.47. The van der Waals surface area contributed by atoms with E-state index < -0.39 is 5.92 Å². The summed E-state index contributed by atoms with van der Waals surface area (Å²) in [4.78, 5) is 0. The van der Waals surface area contributed by atoms with Gasteiger partial charge in [0.25, 0.3) is 0 Å². The molecule has 3 rings (SSSR count). The summed E-state index contributed by atoms with van der Waals surface area (Å²) < 4.78 is 31.7. The SMILES string of the molecule is CC.CC(C)c1ccc(OC2CC3(C2)CC(F)(F)C3)c(Cl)c1. The Bertz CT molecular complexity index is 512. The molecule has 0 aliphatic heterocycles. The molecule has 0 atom stereocenters. The van der Waals surface area contributed by atoms with E-state index in [1.54, 1.807) is 0 Å². The first-order valence-corrected chi connectivity index (χ1v) is 8.50. The predicted molar refractivity (Wildman–Crippen MR) is 87.2 cm³/mol. The second kappa shape index (κ2) is 6.35. The largest absolute Gasteiger partial charge is 0.489 e. The molecule has 0 N–H and O–H groups in total. The van der Waals surface area contributed by atoms with Gasteiger partial charge in [0.15, 0.2) is 0 Å². The van der Waals surface area contributed by atoms with Gasteiger partial charge in [-0.05, 0) is 41.9 Å². The molecular weight excluding hydrogens is 306 g/mol. The van der Waals surface area contributed by atoms with Crippen LogP contribution in [-0.4, -0.2) is 12.0 Å². The van der Waals surface area contributed by atoms with Crippen LogP contribution >= 0.6 is 11.6 Å². The van der Waals surface area contributed by atoms with E-state index in [1.807, 2.05) is 32.0 Å². The van der Waals surface area contributed by atoms with Gasteiger partial charge in [0.1, 0.15) is 5.75 Å². The van der Waals surface area contributed by atoms with Crippen LogP contribution in [0.5, 0.6) is 5.75 Å². The molecule has 0 radical (unpaired) electrons. The Morgan fingerprint density at radius 2 is 1.77 bits per heavy atom. The van der Waals surface area contributed by atoms with Gasteiger partial charge in [0.05, 0.1) is 11.1 Å². The zero-order valence-corrected chi connectivity index (χ0v) is 14.5. The molecule has 1 aromatic rings. The average Bonchev–Trinajstić information content (AvgIpc) is 2.38. The molecule has 0 bridgehead atoms. The highest BCUT2D eigenvalue weighted by atomic mass is 35.5. The summed E-state index contributed by atoms with van der Waals surface area (Å²) in [5.41, 5.74) is 1.02. The van der Waals surface area contributed by atoms with Gasteiger partial charge in [-0.25, -0.2) is 8.78 Å². The number of hydrogen-bond donors (Lipinski definition) is 0. The van der Waals surface area contributed by atoms with Crippen LogP contribution in [0.25, 0.3) is 0 Å². The highest BCUT2D eigenvalue weighted by Gasteiger charge is 2.62. The highest BCUT2D eigenvalue weighted by Crippen LogP contribution is 2.63. The van der Waals surface area contributed by atoms with Gasteiger partial charge in [-0.3, -0.25) is 0 Å². The molecule has 0 saturated heterocycles. The Hall–Kier alpha value is -0.830. The maximum absolute atomic E-state index is 12.9. The Labute approximate surface area is 137 Å². The van der Waals surface area contributed by atoms with E-state index in [0.717, 1.165) is 12.8 Å². The van der Waals surface area contributed by atoms with Crippen molar-refractivity contribution in [1.82, 2.24) is 0 Å². The first-order chi connectivity index (χ1) is 10.3. The second-order valence-electron chi connectivity index (χ2n) is 6.70. The minimum absolute atomic E-state index is 0.0277. The second-order valence-corrected chi connectivity index (χ2v) is 7.11. The number of hydrogen-bond acceptors (Lipinski definition) is 1. The normalized spacial score (nSPS) is 21.6. The lowest BCUT2D eigenvalue weighted by Gasteiger charge is -2.56. The smallest absolute Gasteiger partial charge is 0.249 e. The van der Waals surface area contributed by atoms with E-state index in [9.17, 15) is 8.78 Å². The standard InChI is InChI=1S/C16H19ClF2O.C2H6/c1-10(2)11-3-4-14(13(17)5-11)20-12-6-15(7-12)8-16(18,19)9-15;1-2/h3-5,10,12H,6-9H2,1-2H3;1-2H3. The van der Waals surface area contributed by atoms with Crippen LogP contribution < -0.4 is 4.74 Å². The van der Waals surface area contributed by atoms with Crippen LogP contribution in [0.1, 0.15) is 64.9 Å². The van der Waals surface area contributed by atoms with Crippen molar-refractivity contribution in [3.05, 3.63) is 28.8 Å². The van der Waals surface area contributed by atoms with Crippen molar-refractivity contribution in [2.75, 3.05) is 0 Å². The monoisotopic (exact) mass is 330 g/mol. The molecule has 2 saturated carbocycles. The molecule has 124 valence electrons. The minimum Gasteiger partial charge on any atom is -0.489 e. The lowest BCUT2D eigenvalue weighted by molar-refractivity contribution is -0.214. The third kappa shape index (κ3) is 3.56. The third-order valence-electron chi connectivity index (χ3n) is 4.50. The molecule has 1 spiro atoms. The Morgan fingerprint density at radius 3 is 2.23 bits per heavy atom. The number of rotatable bonds is 3. The zero-order valence-electron chi connectivity index (χ0n) is 13.8. The molecule has 2 fully saturated rings. The van der Waals surface area contributed by atoms with Gasteiger partial charge in [0.2, 0.25) is 5.92 Å². The minimum atomic E-state index is -2.44. The van der Waals surface area contributed by atoms with E-state index in [1.165, 1.54) is 5.56 Å². The zero-order chi connectivity index (χ0) is 16.5. The Morgan fingerprint density at radius 1 is 1.18 bits per heavy atom. The molecule has 0 heterocycles. The molecule has 0 aromatic heterocycles. The summed E-state index contributed by atoms with van der Waals surface area (Å²) >= 11 is 6.22. The van der Waals surface area contributed by atoms with Crippen LogP contribution in [0.3, 0.4) is 0 Å². The fraction of sp³-hybridized carbons (Fsp3) is 0.667. The van der Waals surface area contributed by atoms with E-state index in [-0.39, 0.29) is 24.4 Å². The maximum atomic E-state index is 12.9. The predicted octanol–water partition coefficient (Wildman–Crippen LogP) is 6.45. The van der Waals surface area contributed by atoms with E-state index in [4.69, 9.17) is 16.3 Å². The summed E-state index contributed by atoms with van der Waals surface area (Å²) in [7, 11) is 0. The summed E-state index contributed by atoms with van der Waals surface area (Å²) in [5.74, 6) is -1.35. The molecule has 22 heavy (non-hydrogen) atoms. The molecule has 2 aliphatic carbocycles. The number of ether oxygens (including phenoxy) is 1. The molecule has 1 aromatic carbocycles. The van der Waals surface area contributed by atoms with Crippen molar-refractivity contribution in [3.8, 4) is 5.75 Å². The highest BCUT2D eigenvalue weighted by molar-refractivity contribution is 6.32. The van der Waals surface area contributed by atoms with Gasteiger partial charge in [-0.15, -0.1) is 0 Å². The number of halogens is 3. The third-order valence-corrected chi connectivity index (χ3v) is 4.80. The molecular formula is C18H25ClF2O. The first kappa shape index (κ1) is 17.5. The molecule has 0 unspecified atom stereocenters. The van der Waals surface area contributed by atoms with Gasteiger partial charge in [-0.1, -0.05) is 45.4 Å². The Balaban J connectivity index is 0.000000847. The van der Waals surface area contributed by atoms with E-state index in [2.05, 4.69) is 13.8 Å². The van der Waals surface area contributed by atoms with Crippen LogP contribution in [0.15, 0.2) is 18.2 Å². The molecule has 2 aliphatic rings. The number of alkyl halides is 2. The van der Waals surface area contributed by atoms with Crippen LogP contribution in [0.4, 0.5) is 8.78 Å². The van der Waals surface area contributed by atoms with Gasteiger partial charge < -0.3 is 4.74 Å². The molecule has 4 heteroatoms. The first-order valence-electron chi connectivity index (χ1n) is 8.13. The van der Waals surface area contributed by atoms with Crippen molar-refractivity contribution in [1.29, 1.82) is 0 Å². The van der Waals surface area contributed by atoms with Gasteiger partial charge in [0, 0.05) is 12.8 Å². The molecule has 0 amide bonds. The summed E-state index contributed by atoms with van der Waals surface area (Å²) in [5, 5.41) is 0.607. The quantitative estimate of drug-likeness (QED) is 0.619. The Kier molecular flexibility index (Phi) is 5.06. The number of benzene rings is 1. The van der Waals surface area contributed by atoms with Crippen molar-refractivity contribution in [3.63, 3.8) is 0 Å². The summed E-state index contributed by atoms with van der Waals surface area (Å²) in [6, 6.07) is 5.82. The van der Waals surface area contributed by atoms with E-state index in [0.29, 0.717) is 16.7 Å². The van der Waals surface area contributed by atoms with Crippen LogP contribution in [-0.2, 0) is 0 Å².